The molecule has 0 aliphatic heterocycles. The molecule has 0 aliphatic carbocycles. The van der Waals surface area contributed by atoms with Crippen LogP contribution in [0.15, 0.2) is 42.7 Å². The van der Waals surface area contributed by atoms with E-state index in [-0.39, 0.29) is 0 Å². The van der Waals surface area contributed by atoms with Crippen molar-refractivity contribution in [1.29, 1.82) is 0 Å². The van der Waals surface area contributed by atoms with E-state index in [1.807, 2.05) is 50.9 Å². The molecule has 3 rings (SSSR count). The summed E-state index contributed by atoms with van der Waals surface area (Å²) in [6.45, 7) is 6.38. The van der Waals surface area contributed by atoms with Gasteiger partial charge in [0.05, 0.1) is 19.3 Å². The highest BCUT2D eigenvalue weighted by Gasteiger charge is 2.32. The molecule has 4 nitrogen and oxygen atoms in total. The van der Waals surface area contributed by atoms with Crippen LogP contribution in [0.3, 0.4) is 0 Å². The minimum Gasteiger partial charge on any atom is -0.496 e. The summed E-state index contributed by atoms with van der Waals surface area (Å²) in [5.41, 5.74) is 4.94. The van der Waals surface area contributed by atoms with Gasteiger partial charge in [-0.2, -0.15) is 13.2 Å². The van der Waals surface area contributed by atoms with Crippen molar-refractivity contribution in [1.82, 2.24) is 9.97 Å². The van der Waals surface area contributed by atoms with E-state index in [1.165, 1.54) is 6.20 Å². The second kappa shape index (κ2) is 8.34. The fourth-order valence-corrected chi connectivity index (χ4v) is 3.46. The lowest BCUT2D eigenvalue weighted by Crippen LogP contribution is -2.18. The molecule has 0 bridgehead atoms. The first-order chi connectivity index (χ1) is 14.1. The second-order valence-electron chi connectivity index (χ2n) is 7.39. The van der Waals surface area contributed by atoms with Crippen LogP contribution >= 0.6 is 0 Å². The van der Waals surface area contributed by atoms with E-state index < -0.39 is 11.9 Å². The van der Waals surface area contributed by atoms with Gasteiger partial charge in [-0.1, -0.05) is 6.07 Å². The van der Waals surface area contributed by atoms with Crippen molar-refractivity contribution in [2.45, 2.75) is 33.5 Å². The average Bonchev–Trinajstić information content (AvgIpc) is 2.69. The molecule has 30 heavy (non-hydrogen) atoms. The molecule has 2 aromatic heterocycles. The number of hydrogen-bond donors (Lipinski definition) is 0. The number of halogens is 3. The van der Waals surface area contributed by atoms with Gasteiger partial charge in [0.25, 0.3) is 0 Å². The zero-order valence-electron chi connectivity index (χ0n) is 17.6. The Morgan fingerprint density at radius 2 is 1.73 bits per heavy atom. The number of ether oxygens (including phenoxy) is 1. The smallest absolute Gasteiger partial charge is 0.433 e. The van der Waals surface area contributed by atoms with Crippen molar-refractivity contribution in [3.05, 3.63) is 70.8 Å². The van der Waals surface area contributed by atoms with Crippen LogP contribution in [0.1, 0.15) is 28.1 Å². The van der Waals surface area contributed by atoms with Gasteiger partial charge >= 0.3 is 6.18 Å². The van der Waals surface area contributed by atoms with Gasteiger partial charge < -0.3 is 9.64 Å². The topological polar surface area (TPSA) is 38.2 Å². The maximum absolute atomic E-state index is 13.1. The number of aryl methyl sites for hydroxylation is 2. The van der Waals surface area contributed by atoms with Gasteiger partial charge in [-0.05, 0) is 61.7 Å². The molecule has 0 aliphatic rings. The summed E-state index contributed by atoms with van der Waals surface area (Å²) in [4.78, 5) is 10.0. The van der Waals surface area contributed by atoms with Crippen molar-refractivity contribution in [3.63, 3.8) is 0 Å². The summed E-state index contributed by atoms with van der Waals surface area (Å²) in [6, 6.07) is 8.41. The van der Waals surface area contributed by atoms with Gasteiger partial charge in [-0.15, -0.1) is 0 Å². The minimum atomic E-state index is -4.48. The molecule has 0 unspecified atom stereocenters. The Labute approximate surface area is 174 Å². The maximum atomic E-state index is 13.1. The quantitative estimate of drug-likeness (QED) is 0.533. The van der Waals surface area contributed by atoms with Crippen LogP contribution in [0.25, 0.3) is 11.1 Å². The summed E-state index contributed by atoms with van der Waals surface area (Å²) in [5, 5.41) is 0. The summed E-state index contributed by atoms with van der Waals surface area (Å²) < 4.78 is 44.6. The number of alkyl halides is 3. The van der Waals surface area contributed by atoms with Crippen molar-refractivity contribution in [2.75, 3.05) is 19.1 Å². The fraction of sp³-hybridized carbons (Fsp3) is 0.304. The van der Waals surface area contributed by atoms with Crippen LogP contribution in [-0.2, 0) is 12.7 Å². The first-order valence-corrected chi connectivity index (χ1v) is 9.45. The van der Waals surface area contributed by atoms with Crippen molar-refractivity contribution >= 4 is 5.69 Å². The van der Waals surface area contributed by atoms with Crippen LogP contribution < -0.4 is 9.64 Å². The molecule has 0 atom stereocenters. The Balaban J connectivity index is 1.94. The zero-order valence-corrected chi connectivity index (χ0v) is 17.6. The average molecular weight is 415 g/mol. The monoisotopic (exact) mass is 415 g/mol. The lowest BCUT2D eigenvalue weighted by molar-refractivity contribution is -0.141. The molecular formula is C23H24F3N3O. The number of rotatable bonds is 5. The molecular weight excluding hydrogens is 391 g/mol. The van der Waals surface area contributed by atoms with E-state index in [9.17, 15) is 13.2 Å². The predicted molar refractivity (Wildman–Crippen MR) is 112 cm³/mol. The fourth-order valence-electron chi connectivity index (χ4n) is 3.46. The van der Waals surface area contributed by atoms with Crippen LogP contribution in [0.4, 0.5) is 18.9 Å². The van der Waals surface area contributed by atoms with E-state index in [0.717, 1.165) is 39.9 Å². The molecule has 3 aromatic rings. The molecule has 7 heteroatoms. The highest BCUT2D eigenvalue weighted by Crippen LogP contribution is 2.33. The molecule has 0 saturated carbocycles. The van der Waals surface area contributed by atoms with E-state index in [4.69, 9.17) is 4.74 Å². The molecule has 0 amide bonds. The molecule has 0 N–H and O–H groups in total. The lowest BCUT2D eigenvalue weighted by Gasteiger charge is -2.22. The zero-order chi connectivity index (χ0) is 22.1. The van der Waals surface area contributed by atoms with Crippen LogP contribution in [0.2, 0.25) is 0 Å². The lowest BCUT2D eigenvalue weighted by atomic mass is 10.0. The van der Waals surface area contributed by atoms with Crippen molar-refractivity contribution < 1.29 is 17.9 Å². The number of aromatic nitrogens is 2. The normalized spacial score (nSPS) is 11.5. The standard InChI is InChI=1S/C23H24F3N3O/c1-14-8-18(17-6-7-27-21(11-17)23(24,25)26)10-19(9-14)29(4)13-20-16(3)22(30-5)15(2)12-28-20/h6-12H,13H2,1-5H3. The molecule has 1 aromatic carbocycles. The van der Waals surface area contributed by atoms with Gasteiger partial charge in [0.2, 0.25) is 0 Å². The van der Waals surface area contributed by atoms with Crippen LogP contribution in [-0.4, -0.2) is 24.1 Å². The number of anilines is 1. The third-order valence-corrected chi connectivity index (χ3v) is 5.02. The van der Waals surface area contributed by atoms with Crippen LogP contribution in [0, 0.1) is 20.8 Å². The van der Waals surface area contributed by atoms with Crippen LogP contribution in [0.5, 0.6) is 5.75 Å². The molecule has 0 saturated heterocycles. The van der Waals surface area contributed by atoms with E-state index >= 15 is 0 Å². The van der Waals surface area contributed by atoms with Gasteiger partial charge in [-0.25, -0.2) is 0 Å². The minimum absolute atomic E-state index is 0.474. The largest absolute Gasteiger partial charge is 0.496 e. The van der Waals surface area contributed by atoms with E-state index in [2.05, 4.69) is 9.97 Å². The number of hydrogen-bond acceptors (Lipinski definition) is 4. The molecule has 0 fully saturated rings. The molecule has 0 spiro atoms. The first-order valence-electron chi connectivity index (χ1n) is 9.45. The summed E-state index contributed by atoms with van der Waals surface area (Å²) >= 11 is 0. The summed E-state index contributed by atoms with van der Waals surface area (Å²) in [7, 11) is 3.57. The van der Waals surface area contributed by atoms with Gasteiger partial charge in [-0.3, -0.25) is 9.97 Å². The SMILES string of the molecule is COc1c(C)cnc(CN(C)c2cc(C)cc(-c3ccnc(C(F)(F)F)c3)c2)c1C. The van der Waals surface area contributed by atoms with E-state index in [1.54, 1.807) is 19.4 Å². The third kappa shape index (κ3) is 4.56. The Hall–Kier alpha value is -3.09. The highest BCUT2D eigenvalue weighted by molar-refractivity contribution is 5.70. The Morgan fingerprint density at radius 3 is 2.40 bits per heavy atom. The number of nitrogens with zero attached hydrogens (tertiary/aromatic N) is 3. The number of methoxy groups -OCH3 is 1. The van der Waals surface area contributed by atoms with E-state index in [0.29, 0.717) is 17.7 Å². The van der Waals surface area contributed by atoms with Gasteiger partial charge in [0.1, 0.15) is 11.4 Å². The molecule has 2 heterocycles. The number of pyridine rings is 2. The van der Waals surface area contributed by atoms with Gasteiger partial charge in [0, 0.05) is 36.3 Å². The Kier molecular flexibility index (Phi) is 6.01. The van der Waals surface area contributed by atoms with Gasteiger partial charge in [0.15, 0.2) is 0 Å². The predicted octanol–water partition coefficient (Wildman–Crippen LogP) is 5.73. The Bertz CT molecular complexity index is 1060. The Morgan fingerprint density at radius 1 is 1.00 bits per heavy atom. The summed E-state index contributed by atoms with van der Waals surface area (Å²) in [6.07, 6.45) is -1.50. The third-order valence-electron chi connectivity index (χ3n) is 5.02. The summed E-state index contributed by atoms with van der Waals surface area (Å²) in [5.74, 6) is 0.815. The van der Waals surface area contributed by atoms with Crippen molar-refractivity contribution in [3.8, 4) is 16.9 Å². The second-order valence-corrected chi connectivity index (χ2v) is 7.39. The van der Waals surface area contributed by atoms with Crippen molar-refractivity contribution in [2.24, 2.45) is 0 Å². The maximum Gasteiger partial charge on any atom is 0.433 e. The molecule has 158 valence electrons. The highest BCUT2D eigenvalue weighted by atomic mass is 19.4. The number of benzene rings is 1. The molecule has 0 radical (unpaired) electrons. The first kappa shape index (κ1) is 21.6.